The van der Waals surface area contributed by atoms with E-state index in [0.29, 0.717) is 13.0 Å². The number of aromatic amines is 1. The van der Waals surface area contributed by atoms with Crippen LogP contribution in [0, 0.1) is 0 Å². The van der Waals surface area contributed by atoms with Crippen molar-refractivity contribution in [3.63, 3.8) is 0 Å². The summed E-state index contributed by atoms with van der Waals surface area (Å²) in [5.74, 6) is -0.243. The van der Waals surface area contributed by atoms with Crippen LogP contribution in [0.4, 0.5) is 0 Å². The van der Waals surface area contributed by atoms with Crippen LogP contribution in [0.3, 0.4) is 0 Å². The third kappa shape index (κ3) is 2.56. The van der Waals surface area contributed by atoms with Crippen LogP contribution in [0.25, 0.3) is 11.0 Å². The molecule has 0 aliphatic carbocycles. The Morgan fingerprint density at radius 3 is 2.88 bits per heavy atom. The monoisotopic (exact) mass is 242 g/mol. The van der Waals surface area contributed by atoms with Gasteiger partial charge >= 0.3 is 0 Å². The summed E-state index contributed by atoms with van der Waals surface area (Å²) >= 11 is 0. The zero-order chi connectivity index (χ0) is 11.6. The molecule has 1 aromatic carbocycles. The first-order valence-corrected chi connectivity index (χ1v) is 6.45. The lowest BCUT2D eigenvalue weighted by Crippen LogP contribution is -2.37. The van der Waals surface area contributed by atoms with Crippen molar-refractivity contribution in [2.75, 3.05) is 5.75 Å². The molecule has 2 aromatic rings. The van der Waals surface area contributed by atoms with Gasteiger partial charge in [-0.1, -0.05) is 17.3 Å². The number of para-hydroxylation sites is 2. The molecule has 0 radical (unpaired) electrons. The second-order valence-corrected chi connectivity index (χ2v) is 5.06. The number of H-pyrrole nitrogens is 1. The van der Waals surface area contributed by atoms with Crippen LogP contribution in [-0.2, 0) is 16.7 Å². The number of benzene rings is 1. The average molecular weight is 242 g/mol. The highest BCUT2D eigenvalue weighted by Crippen LogP contribution is 2.04. The molecule has 7 heteroatoms. The molecule has 0 amide bonds. The predicted molar refractivity (Wildman–Crippen MR) is 57.3 cm³/mol. The number of hydrogen-bond donors (Lipinski definition) is 2. The smallest absolute Gasteiger partial charge is 0.265 e. The first-order valence-electron chi connectivity index (χ1n) is 4.84. The van der Waals surface area contributed by atoms with Gasteiger partial charge in [-0.2, -0.15) is 13.1 Å². The Bertz CT molecular complexity index is 591. The summed E-state index contributed by atoms with van der Waals surface area (Å²) in [6.07, 6.45) is 0.343. The summed E-state index contributed by atoms with van der Waals surface area (Å²) in [6, 6.07) is 7.53. The first-order chi connectivity index (χ1) is 7.56. The lowest BCUT2D eigenvalue weighted by Gasteiger charge is -1.95. The van der Waals surface area contributed by atoms with Gasteiger partial charge in [-0.25, -0.2) is 0 Å². The molecule has 1 aromatic heterocycles. The van der Waals surface area contributed by atoms with Gasteiger partial charge in [-0.15, -0.1) is 0 Å². The van der Waals surface area contributed by atoms with Gasteiger partial charge in [0.1, 0.15) is 6.54 Å². The Labute approximate surface area is 92.6 Å². The number of aromatic nitrogens is 3. The fraction of sp³-hybridized carbons (Fsp3) is 0.333. The van der Waals surface area contributed by atoms with Crippen LogP contribution in [0.5, 0.6) is 0 Å². The van der Waals surface area contributed by atoms with Crippen LogP contribution in [0.15, 0.2) is 24.3 Å². The van der Waals surface area contributed by atoms with Crippen molar-refractivity contribution in [3.05, 3.63) is 24.3 Å². The Morgan fingerprint density at radius 2 is 2.12 bits per heavy atom. The quantitative estimate of drug-likeness (QED) is 0.589. The Hall–Kier alpha value is -1.47. The van der Waals surface area contributed by atoms with Crippen molar-refractivity contribution < 1.29 is 17.7 Å². The number of nitrogens with zero attached hydrogens (tertiary/aromatic N) is 2. The summed E-state index contributed by atoms with van der Waals surface area (Å²) < 4.78 is 31.4. The highest BCUT2D eigenvalue weighted by molar-refractivity contribution is 7.85. The van der Waals surface area contributed by atoms with Gasteiger partial charge in [0.25, 0.3) is 10.1 Å². The minimum atomic E-state index is -3.88. The van der Waals surface area contributed by atoms with Gasteiger partial charge in [0, 0.05) is 11.5 Å². The van der Waals surface area contributed by atoms with Crippen molar-refractivity contribution in [2.45, 2.75) is 13.0 Å². The minimum Gasteiger partial charge on any atom is -0.286 e. The molecule has 0 aliphatic heterocycles. The fourth-order valence-electron chi connectivity index (χ4n) is 1.53. The second-order valence-electron chi connectivity index (χ2n) is 3.49. The van der Waals surface area contributed by atoms with Crippen molar-refractivity contribution in [1.29, 1.82) is 0 Å². The molecule has 0 unspecified atom stereocenters. The summed E-state index contributed by atoms with van der Waals surface area (Å²) in [5.41, 5.74) is 1.74. The van der Waals surface area contributed by atoms with Gasteiger partial charge in [0.2, 0.25) is 11.0 Å². The third-order valence-corrected chi connectivity index (χ3v) is 3.05. The van der Waals surface area contributed by atoms with Gasteiger partial charge in [-0.05, 0) is 12.1 Å². The molecular formula is C9H12N3O3S+. The maximum absolute atomic E-state index is 10.5. The van der Waals surface area contributed by atoms with Crippen LogP contribution in [0.1, 0.15) is 6.42 Å². The molecule has 0 atom stereocenters. The van der Waals surface area contributed by atoms with Crippen LogP contribution < -0.4 is 4.68 Å². The van der Waals surface area contributed by atoms with Crippen LogP contribution in [0.2, 0.25) is 0 Å². The molecule has 2 rings (SSSR count). The maximum atomic E-state index is 10.5. The van der Waals surface area contributed by atoms with Gasteiger partial charge < -0.3 is 0 Å². The molecule has 0 fully saturated rings. The summed E-state index contributed by atoms with van der Waals surface area (Å²) in [7, 11) is -3.88. The van der Waals surface area contributed by atoms with Gasteiger partial charge in [0.15, 0.2) is 0 Å². The molecule has 6 nitrogen and oxygen atoms in total. The molecular weight excluding hydrogens is 230 g/mol. The lowest BCUT2D eigenvalue weighted by atomic mass is 10.3. The molecule has 0 aliphatic rings. The number of nitrogens with one attached hydrogen (secondary N) is 1. The largest absolute Gasteiger partial charge is 0.286 e. The van der Waals surface area contributed by atoms with E-state index >= 15 is 0 Å². The molecule has 0 saturated heterocycles. The zero-order valence-electron chi connectivity index (χ0n) is 8.50. The fourth-order valence-corrected chi connectivity index (χ4v) is 2.02. The molecule has 86 valence electrons. The Kier molecular flexibility index (Phi) is 2.88. The van der Waals surface area contributed by atoms with E-state index in [-0.39, 0.29) is 5.75 Å². The Balaban J connectivity index is 2.10. The molecule has 1 heterocycles. The van der Waals surface area contributed by atoms with E-state index < -0.39 is 10.1 Å². The highest BCUT2D eigenvalue weighted by atomic mass is 32.2. The summed E-state index contributed by atoms with van der Waals surface area (Å²) in [5, 5.41) is 6.85. The highest BCUT2D eigenvalue weighted by Gasteiger charge is 2.12. The summed E-state index contributed by atoms with van der Waals surface area (Å²) in [6.45, 7) is 0.473. The number of fused-ring (bicyclic) bond motifs is 1. The number of hydrogen-bond acceptors (Lipinski definition) is 3. The summed E-state index contributed by atoms with van der Waals surface area (Å²) in [4.78, 5) is 0. The number of aryl methyl sites for hydroxylation is 1. The van der Waals surface area contributed by atoms with Crippen molar-refractivity contribution >= 4 is 21.2 Å². The van der Waals surface area contributed by atoms with Crippen LogP contribution >= 0.6 is 0 Å². The van der Waals surface area contributed by atoms with E-state index in [9.17, 15) is 8.42 Å². The maximum Gasteiger partial charge on any atom is 0.265 e. The Morgan fingerprint density at radius 1 is 1.38 bits per heavy atom. The molecule has 2 N–H and O–H groups in total. The second kappa shape index (κ2) is 4.18. The van der Waals surface area contributed by atoms with E-state index in [1.807, 2.05) is 24.3 Å². The average Bonchev–Trinajstić information content (AvgIpc) is 2.60. The normalized spacial score (nSPS) is 12.1. The molecule has 0 spiro atoms. The SMILES string of the molecule is O=S(=O)(O)CCC[n+]1[nH]nc2ccccc21. The lowest BCUT2D eigenvalue weighted by molar-refractivity contribution is -0.730. The van der Waals surface area contributed by atoms with Crippen molar-refractivity contribution in [1.82, 2.24) is 10.3 Å². The predicted octanol–water partition coefficient (Wildman–Crippen LogP) is 0.128. The standard InChI is InChI=1S/C9H11N3O3S/c13-16(14,15)7-3-6-12-9-5-2-1-4-8(9)10-11-12/h1-2,4-5H,3,6-7H2,(H,13,14,15)/p+1. The van der Waals surface area contributed by atoms with E-state index in [0.717, 1.165) is 11.0 Å². The van der Waals surface area contributed by atoms with E-state index in [2.05, 4.69) is 10.3 Å². The molecule has 0 saturated carbocycles. The van der Waals surface area contributed by atoms with Crippen molar-refractivity contribution in [2.24, 2.45) is 0 Å². The molecule has 0 bridgehead atoms. The molecule has 16 heavy (non-hydrogen) atoms. The van der Waals surface area contributed by atoms with Crippen molar-refractivity contribution in [3.8, 4) is 0 Å². The van der Waals surface area contributed by atoms with E-state index in [1.165, 1.54) is 0 Å². The van der Waals surface area contributed by atoms with Crippen LogP contribution in [-0.4, -0.2) is 29.0 Å². The van der Waals surface area contributed by atoms with Gasteiger partial charge in [-0.3, -0.25) is 4.55 Å². The zero-order valence-corrected chi connectivity index (χ0v) is 9.31. The minimum absolute atomic E-state index is 0.243. The number of rotatable bonds is 4. The van der Waals surface area contributed by atoms with E-state index in [4.69, 9.17) is 4.55 Å². The first kappa shape index (κ1) is 11.0. The topological polar surface area (TPSA) is 86.9 Å². The third-order valence-electron chi connectivity index (χ3n) is 2.25. The van der Waals surface area contributed by atoms with E-state index in [1.54, 1.807) is 4.68 Å². The van der Waals surface area contributed by atoms with Gasteiger partial charge in [0.05, 0.1) is 5.75 Å².